The predicted octanol–water partition coefficient (Wildman–Crippen LogP) is 8.61. The topological polar surface area (TPSA) is 28.3 Å². The molecule has 4 heterocycles. The highest BCUT2D eigenvalue weighted by molar-refractivity contribution is 6.98. The van der Waals surface area contributed by atoms with Gasteiger partial charge in [0.2, 0.25) is 0 Å². The van der Waals surface area contributed by atoms with E-state index in [1.165, 1.54) is 21.8 Å². The van der Waals surface area contributed by atoms with Crippen LogP contribution in [-0.4, -0.2) is 15.8 Å². The lowest BCUT2D eigenvalue weighted by Crippen LogP contribution is -2.57. The minimum absolute atomic E-state index is 0.00898. The van der Waals surface area contributed by atoms with Gasteiger partial charge in [-0.2, -0.15) is 0 Å². The molecule has 0 saturated carbocycles. The Labute approximate surface area is 270 Å². The maximum atomic E-state index is 6.96. The molecular weight excluding hydrogens is 575 g/mol. The SMILES string of the molecule is c1ccc(-n2c3cc(-n4c5ccccc5c5ccccc54)ccc3c3cc4c5c(c32)Oc2ccccc2B5c2ccccc2O4)cc1. The maximum Gasteiger partial charge on any atom is 0.260 e. The Kier molecular flexibility index (Phi) is 4.89. The van der Waals surface area contributed by atoms with Gasteiger partial charge in [-0.15, -0.1) is 0 Å². The quantitative estimate of drug-likeness (QED) is 0.186. The second-order valence-electron chi connectivity index (χ2n) is 12.5. The zero-order valence-electron chi connectivity index (χ0n) is 25.2. The van der Waals surface area contributed by atoms with Crippen molar-refractivity contribution < 1.29 is 9.47 Å². The van der Waals surface area contributed by atoms with Gasteiger partial charge in [0, 0.05) is 38.4 Å². The van der Waals surface area contributed by atoms with Crippen LogP contribution in [0.1, 0.15) is 0 Å². The third-order valence-corrected chi connectivity index (χ3v) is 10.0. The van der Waals surface area contributed by atoms with Gasteiger partial charge in [0.05, 0.1) is 22.1 Å². The van der Waals surface area contributed by atoms with Crippen LogP contribution in [0.2, 0.25) is 0 Å². The summed E-state index contributed by atoms with van der Waals surface area (Å²) in [6.07, 6.45) is 0. The van der Waals surface area contributed by atoms with E-state index in [0.717, 1.165) is 72.6 Å². The maximum absolute atomic E-state index is 6.96. The Morgan fingerprint density at radius 2 is 1.00 bits per heavy atom. The summed E-state index contributed by atoms with van der Waals surface area (Å²) < 4.78 is 18.4. The number of hydrogen-bond acceptors (Lipinski definition) is 2. The molecule has 9 aromatic rings. The van der Waals surface area contributed by atoms with E-state index in [1.54, 1.807) is 0 Å². The summed E-state index contributed by atoms with van der Waals surface area (Å²) in [5, 5.41) is 4.75. The molecule has 2 aliphatic heterocycles. The Balaban J connectivity index is 1.27. The van der Waals surface area contributed by atoms with Crippen molar-refractivity contribution in [2.24, 2.45) is 0 Å². The van der Waals surface area contributed by atoms with Gasteiger partial charge >= 0.3 is 0 Å². The van der Waals surface area contributed by atoms with Gasteiger partial charge in [0.1, 0.15) is 17.2 Å². The number of nitrogens with zero attached hydrogens (tertiary/aromatic N) is 2. The van der Waals surface area contributed by atoms with Gasteiger partial charge in [-0.3, -0.25) is 0 Å². The second kappa shape index (κ2) is 9.18. The molecule has 0 N–H and O–H groups in total. The summed E-state index contributed by atoms with van der Waals surface area (Å²) in [6.45, 7) is 0.00898. The molecule has 0 fully saturated rings. The van der Waals surface area contributed by atoms with Crippen molar-refractivity contribution in [1.29, 1.82) is 0 Å². The predicted molar refractivity (Wildman–Crippen MR) is 193 cm³/mol. The first-order valence-electron chi connectivity index (χ1n) is 16.1. The number of fused-ring (bicyclic) bond motifs is 11. The summed E-state index contributed by atoms with van der Waals surface area (Å²) in [5.74, 6) is 3.49. The highest BCUT2D eigenvalue weighted by Crippen LogP contribution is 2.45. The number of rotatable bonds is 2. The van der Waals surface area contributed by atoms with Gasteiger partial charge in [-0.05, 0) is 65.5 Å². The van der Waals surface area contributed by atoms with E-state index in [1.807, 2.05) is 6.07 Å². The van der Waals surface area contributed by atoms with Crippen molar-refractivity contribution in [3.63, 3.8) is 0 Å². The first-order valence-corrected chi connectivity index (χ1v) is 16.1. The van der Waals surface area contributed by atoms with Crippen LogP contribution in [0, 0.1) is 0 Å². The molecular formula is C42H25BN2O2. The minimum Gasteiger partial charge on any atom is -0.458 e. The molecule has 11 rings (SSSR count). The molecule has 0 amide bonds. The first kappa shape index (κ1) is 25.0. The van der Waals surface area contributed by atoms with E-state index < -0.39 is 0 Å². The van der Waals surface area contributed by atoms with E-state index in [9.17, 15) is 0 Å². The van der Waals surface area contributed by atoms with Crippen LogP contribution >= 0.6 is 0 Å². The molecule has 0 bridgehead atoms. The summed E-state index contributed by atoms with van der Waals surface area (Å²) in [7, 11) is 0. The third kappa shape index (κ3) is 3.32. The minimum atomic E-state index is 0.00898. The van der Waals surface area contributed by atoms with Crippen LogP contribution in [0.4, 0.5) is 0 Å². The molecule has 0 atom stereocenters. The highest BCUT2D eigenvalue weighted by Gasteiger charge is 2.41. The van der Waals surface area contributed by atoms with Crippen molar-refractivity contribution in [3.8, 4) is 34.4 Å². The van der Waals surface area contributed by atoms with E-state index in [0.29, 0.717) is 0 Å². The summed E-state index contributed by atoms with van der Waals surface area (Å²) in [6, 6.07) is 53.9. The van der Waals surface area contributed by atoms with Crippen LogP contribution in [0.15, 0.2) is 152 Å². The van der Waals surface area contributed by atoms with Crippen LogP contribution in [0.3, 0.4) is 0 Å². The normalized spacial score (nSPS) is 13.0. The van der Waals surface area contributed by atoms with E-state index in [-0.39, 0.29) is 6.71 Å². The number of aromatic nitrogens is 2. The lowest BCUT2D eigenvalue weighted by atomic mass is 9.35. The fraction of sp³-hybridized carbons (Fsp3) is 0. The first-order chi connectivity index (χ1) is 23.3. The summed E-state index contributed by atoms with van der Waals surface area (Å²) in [5.41, 5.74) is 10.1. The van der Waals surface area contributed by atoms with Gasteiger partial charge in [0.25, 0.3) is 6.71 Å². The molecule has 4 nitrogen and oxygen atoms in total. The smallest absolute Gasteiger partial charge is 0.260 e. The average Bonchev–Trinajstić information content (AvgIpc) is 3.64. The van der Waals surface area contributed by atoms with Gasteiger partial charge in [-0.25, -0.2) is 0 Å². The largest absolute Gasteiger partial charge is 0.458 e. The van der Waals surface area contributed by atoms with Gasteiger partial charge < -0.3 is 18.6 Å². The van der Waals surface area contributed by atoms with Crippen molar-refractivity contribution in [3.05, 3.63) is 152 Å². The lowest BCUT2D eigenvalue weighted by molar-refractivity contribution is 0.467. The zero-order chi connectivity index (χ0) is 30.6. The standard InChI is InChI=1S/C42H25BN2O2/c1-2-12-26(13-3-1)45-36-24-27(44-34-18-8-4-14-28(34)29-15-5-9-19-35(29)44)22-23-30(36)31-25-39-40-42(41(31)45)47-38-21-11-7-17-33(38)43(40)32-16-6-10-20-37(32)46-39/h1-25H. The average molecular weight is 600 g/mol. The molecule has 0 spiro atoms. The van der Waals surface area contributed by atoms with Crippen molar-refractivity contribution in [2.45, 2.75) is 0 Å². The second-order valence-corrected chi connectivity index (χ2v) is 12.5. The van der Waals surface area contributed by atoms with E-state index >= 15 is 0 Å². The zero-order valence-corrected chi connectivity index (χ0v) is 25.2. The summed E-state index contributed by atoms with van der Waals surface area (Å²) in [4.78, 5) is 0. The van der Waals surface area contributed by atoms with Crippen LogP contribution < -0.4 is 25.9 Å². The van der Waals surface area contributed by atoms with Crippen LogP contribution in [0.25, 0.3) is 55.0 Å². The number of benzene rings is 7. The summed E-state index contributed by atoms with van der Waals surface area (Å²) >= 11 is 0. The molecule has 7 aromatic carbocycles. The van der Waals surface area contributed by atoms with Crippen molar-refractivity contribution >= 4 is 66.7 Å². The van der Waals surface area contributed by atoms with Gasteiger partial charge in [-0.1, -0.05) is 97.1 Å². The third-order valence-electron chi connectivity index (χ3n) is 10.0. The van der Waals surface area contributed by atoms with Crippen LogP contribution in [-0.2, 0) is 0 Å². The molecule has 0 saturated heterocycles. The number of ether oxygens (including phenoxy) is 2. The number of hydrogen-bond donors (Lipinski definition) is 0. The molecule has 47 heavy (non-hydrogen) atoms. The Morgan fingerprint density at radius 1 is 0.404 bits per heavy atom. The molecule has 5 heteroatoms. The lowest BCUT2D eigenvalue weighted by Gasteiger charge is -2.33. The molecule has 218 valence electrons. The van der Waals surface area contributed by atoms with Crippen LogP contribution in [0.5, 0.6) is 23.0 Å². The Hall–Kier alpha value is -6.20. The van der Waals surface area contributed by atoms with E-state index in [2.05, 4.69) is 155 Å². The molecule has 2 aliphatic rings. The molecule has 0 aliphatic carbocycles. The fourth-order valence-electron chi connectivity index (χ4n) is 8.10. The molecule has 0 radical (unpaired) electrons. The van der Waals surface area contributed by atoms with E-state index in [4.69, 9.17) is 9.47 Å². The molecule has 0 unspecified atom stereocenters. The fourth-order valence-corrected chi connectivity index (χ4v) is 8.10. The Bertz CT molecular complexity index is 2690. The van der Waals surface area contributed by atoms with Crippen molar-refractivity contribution in [2.75, 3.05) is 0 Å². The molecule has 2 aromatic heterocycles. The Morgan fingerprint density at radius 3 is 1.72 bits per heavy atom. The number of para-hydroxylation sites is 5. The monoisotopic (exact) mass is 600 g/mol. The highest BCUT2D eigenvalue weighted by atomic mass is 16.5. The van der Waals surface area contributed by atoms with Gasteiger partial charge in [0.15, 0.2) is 5.75 Å². The van der Waals surface area contributed by atoms with Crippen molar-refractivity contribution in [1.82, 2.24) is 9.13 Å².